The number of hydrazone groups is 1. The summed E-state index contributed by atoms with van der Waals surface area (Å²) >= 11 is 5.69. The van der Waals surface area contributed by atoms with E-state index < -0.39 is 11.7 Å². The van der Waals surface area contributed by atoms with Gasteiger partial charge in [0.05, 0.1) is 10.6 Å². The Balaban J connectivity index is 3.04. The van der Waals surface area contributed by atoms with Crippen molar-refractivity contribution >= 4 is 23.7 Å². The molecule has 3 N–H and O–H groups in total. The largest absolute Gasteiger partial charge is 0.504 e. The number of amides is 1. The van der Waals surface area contributed by atoms with Crippen molar-refractivity contribution in [1.29, 1.82) is 0 Å². The molecule has 80 valence electrons. The molecule has 0 aliphatic heterocycles. The smallest absolute Gasteiger partial charge is 0.273 e. The van der Waals surface area contributed by atoms with E-state index in [1.807, 2.05) is 0 Å². The maximum absolute atomic E-state index is 11.4. The second-order valence-electron chi connectivity index (χ2n) is 2.65. The second kappa shape index (κ2) is 4.65. The molecule has 0 spiro atoms. The minimum atomic E-state index is -0.562. The molecule has 0 radical (unpaired) electrons. The zero-order valence-corrected chi connectivity index (χ0v) is 8.62. The van der Waals surface area contributed by atoms with Crippen molar-refractivity contribution in [2.75, 3.05) is 0 Å². The minimum absolute atomic E-state index is 0.0362. The number of phenolic OH excluding ortho intramolecular Hbond substituents is 2. The Morgan fingerprint density at radius 1 is 1.47 bits per heavy atom. The van der Waals surface area contributed by atoms with Crippen LogP contribution < -0.4 is 5.43 Å². The number of phenols is 2. The Morgan fingerprint density at radius 2 is 2.07 bits per heavy atom. The van der Waals surface area contributed by atoms with Gasteiger partial charge in [0.15, 0.2) is 11.5 Å². The van der Waals surface area contributed by atoms with Crippen LogP contribution in [0.4, 0.5) is 0 Å². The summed E-state index contributed by atoms with van der Waals surface area (Å²) in [7, 11) is 0. The molecule has 1 aromatic rings. The summed E-state index contributed by atoms with van der Waals surface area (Å²) in [5.74, 6) is -1.35. The van der Waals surface area contributed by atoms with E-state index in [0.29, 0.717) is 0 Å². The topological polar surface area (TPSA) is 81.9 Å². The Hall–Kier alpha value is -1.75. The van der Waals surface area contributed by atoms with E-state index >= 15 is 0 Å². The highest BCUT2D eigenvalue weighted by atomic mass is 35.5. The molecule has 6 heteroatoms. The number of rotatable bonds is 2. The van der Waals surface area contributed by atoms with Crippen LogP contribution in [-0.2, 0) is 0 Å². The number of hydrogen-bond acceptors (Lipinski definition) is 4. The van der Waals surface area contributed by atoms with Crippen molar-refractivity contribution in [3.8, 4) is 11.5 Å². The average molecular weight is 229 g/mol. The summed E-state index contributed by atoms with van der Waals surface area (Å²) in [5, 5.41) is 21.8. The van der Waals surface area contributed by atoms with Crippen LogP contribution in [0, 0.1) is 0 Å². The van der Waals surface area contributed by atoms with Gasteiger partial charge >= 0.3 is 0 Å². The van der Waals surface area contributed by atoms with Crippen molar-refractivity contribution in [1.82, 2.24) is 5.43 Å². The summed E-state index contributed by atoms with van der Waals surface area (Å²) in [6, 6.07) is 2.15. The first-order valence-corrected chi connectivity index (χ1v) is 4.43. The highest BCUT2D eigenvalue weighted by Crippen LogP contribution is 2.30. The number of nitrogens with one attached hydrogen (secondary N) is 1. The normalized spacial score (nSPS) is 10.5. The molecule has 0 heterocycles. The molecule has 1 rings (SSSR count). The molecule has 0 saturated heterocycles. The fourth-order valence-corrected chi connectivity index (χ4v) is 1.15. The summed E-state index contributed by atoms with van der Waals surface area (Å²) in [5.41, 5.74) is 2.23. The molecule has 15 heavy (non-hydrogen) atoms. The van der Waals surface area contributed by atoms with Crippen LogP contribution in [0.5, 0.6) is 11.5 Å². The number of hydrogen-bond donors (Lipinski definition) is 3. The Morgan fingerprint density at radius 3 is 2.67 bits per heavy atom. The van der Waals surface area contributed by atoms with Crippen molar-refractivity contribution in [2.45, 2.75) is 6.92 Å². The van der Waals surface area contributed by atoms with Gasteiger partial charge in [0.2, 0.25) is 0 Å². The SMILES string of the molecule is C/C=N/NC(=O)c1cc(O)c(O)cc1Cl. The van der Waals surface area contributed by atoms with E-state index in [4.69, 9.17) is 16.7 Å². The first-order chi connectivity index (χ1) is 7.06. The summed E-state index contributed by atoms with van der Waals surface area (Å²) < 4.78 is 0. The molecular formula is C9H9ClN2O3. The van der Waals surface area contributed by atoms with Gasteiger partial charge in [-0.15, -0.1) is 0 Å². The van der Waals surface area contributed by atoms with E-state index in [1.54, 1.807) is 6.92 Å². The Kier molecular flexibility index (Phi) is 3.51. The fourth-order valence-electron chi connectivity index (χ4n) is 0.909. The van der Waals surface area contributed by atoms with Gasteiger partial charge < -0.3 is 10.2 Å². The van der Waals surface area contributed by atoms with Crippen LogP contribution in [0.15, 0.2) is 17.2 Å². The first-order valence-electron chi connectivity index (χ1n) is 4.05. The molecule has 0 aliphatic carbocycles. The molecule has 0 saturated carbocycles. The molecule has 1 amide bonds. The van der Waals surface area contributed by atoms with Crippen molar-refractivity contribution in [3.63, 3.8) is 0 Å². The summed E-state index contributed by atoms with van der Waals surface area (Å²) in [4.78, 5) is 11.4. The lowest BCUT2D eigenvalue weighted by atomic mass is 10.2. The molecule has 0 unspecified atom stereocenters. The number of benzene rings is 1. The van der Waals surface area contributed by atoms with Gasteiger partial charge in [-0.1, -0.05) is 11.6 Å². The van der Waals surface area contributed by atoms with E-state index in [1.165, 1.54) is 6.21 Å². The van der Waals surface area contributed by atoms with Gasteiger partial charge in [0.25, 0.3) is 5.91 Å². The van der Waals surface area contributed by atoms with Crippen LogP contribution in [-0.4, -0.2) is 22.3 Å². The van der Waals surface area contributed by atoms with Crippen LogP contribution in [0.25, 0.3) is 0 Å². The molecule has 0 fully saturated rings. The number of nitrogens with zero attached hydrogens (tertiary/aromatic N) is 1. The average Bonchev–Trinajstić information content (AvgIpc) is 2.20. The van der Waals surface area contributed by atoms with Gasteiger partial charge in [-0.05, 0) is 13.0 Å². The molecular weight excluding hydrogens is 220 g/mol. The minimum Gasteiger partial charge on any atom is -0.504 e. The lowest BCUT2D eigenvalue weighted by Gasteiger charge is -2.04. The summed E-state index contributed by atoms with van der Waals surface area (Å²) in [6.45, 7) is 1.64. The fraction of sp³-hybridized carbons (Fsp3) is 0.111. The number of halogens is 1. The van der Waals surface area contributed by atoms with Crippen molar-refractivity contribution < 1.29 is 15.0 Å². The highest BCUT2D eigenvalue weighted by molar-refractivity contribution is 6.34. The quantitative estimate of drug-likeness (QED) is 0.407. The van der Waals surface area contributed by atoms with Crippen LogP contribution in [0.1, 0.15) is 17.3 Å². The Labute approximate surface area is 91.0 Å². The van der Waals surface area contributed by atoms with Gasteiger partial charge in [-0.25, -0.2) is 5.43 Å². The highest BCUT2D eigenvalue weighted by Gasteiger charge is 2.13. The first kappa shape index (κ1) is 11.3. The predicted molar refractivity (Wildman–Crippen MR) is 56.4 cm³/mol. The molecule has 0 bridgehead atoms. The molecule has 0 aliphatic rings. The molecule has 0 atom stereocenters. The van der Waals surface area contributed by atoms with Crippen LogP contribution >= 0.6 is 11.6 Å². The third-order valence-electron chi connectivity index (χ3n) is 1.60. The Bertz CT molecular complexity index is 418. The second-order valence-corrected chi connectivity index (χ2v) is 3.06. The van der Waals surface area contributed by atoms with Gasteiger partial charge in [-0.3, -0.25) is 4.79 Å². The van der Waals surface area contributed by atoms with Gasteiger partial charge in [0.1, 0.15) is 0 Å². The van der Waals surface area contributed by atoms with E-state index in [2.05, 4.69) is 10.5 Å². The van der Waals surface area contributed by atoms with Crippen LogP contribution in [0.2, 0.25) is 5.02 Å². The third kappa shape index (κ3) is 2.60. The zero-order valence-electron chi connectivity index (χ0n) is 7.86. The monoisotopic (exact) mass is 228 g/mol. The summed E-state index contributed by atoms with van der Waals surface area (Å²) in [6.07, 6.45) is 1.39. The van der Waals surface area contributed by atoms with Gasteiger partial charge in [0, 0.05) is 12.3 Å². The molecule has 1 aromatic carbocycles. The number of carbonyl (C=O) groups is 1. The zero-order chi connectivity index (χ0) is 11.4. The van der Waals surface area contributed by atoms with Crippen molar-refractivity contribution in [2.24, 2.45) is 5.10 Å². The molecule has 5 nitrogen and oxygen atoms in total. The third-order valence-corrected chi connectivity index (χ3v) is 1.92. The lowest BCUT2D eigenvalue weighted by molar-refractivity contribution is 0.0955. The van der Waals surface area contributed by atoms with E-state index in [9.17, 15) is 9.90 Å². The maximum atomic E-state index is 11.4. The lowest BCUT2D eigenvalue weighted by Crippen LogP contribution is -2.17. The number of aromatic hydroxyl groups is 2. The number of carbonyl (C=O) groups excluding carboxylic acids is 1. The predicted octanol–water partition coefficient (Wildman–Crippen LogP) is 1.49. The van der Waals surface area contributed by atoms with E-state index in [0.717, 1.165) is 12.1 Å². The van der Waals surface area contributed by atoms with E-state index in [-0.39, 0.29) is 16.3 Å². The van der Waals surface area contributed by atoms with Crippen molar-refractivity contribution in [3.05, 3.63) is 22.7 Å². The maximum Gasteiger partial charge on any atom is 0.273 e. The standard InChI is InChI=1S/C9H9ClN2O3/c1-2-11-12-9(15)5-3-7(13)8(14)4-6(5)10/h2-4,13-14H,1H3,(H,12,15)/b11-2+. The molecule has 0 aromatic heterocycles. The van der Waals surface area contributed by atoms with Crippen LogP contribution in [0.3, 0.4) is 0 Å². The van der Waals surface area contributed by atoms with Gasteiger partial charge in [-0.2, -0.15) is 5.10 Å².